The van der Waals surface area contributed by atoms with Gasteiger partial charge in [-0.3, -0.25) is 0 Å². The molecule has 456 valence electrons. The molecule has 7 fully saturated rings. The van der Waals surface area contributed by atoms with Crippen molar-refractivity contribution >= 4 is 0 Å². The molecule has 0 spiro atoms. The van der Waals surface area contributed by atoms with E-state index in [0.29, 0.717) is 0 Å². The third-order valence-corrected chi connectivity index (χ3v) is 14.5. The third kappa shape index (κ3) is 12.9. The van der Waals surface area contributed by atoms with Gasteiger partial charge in [0.05, 0.1) is 46.2 Å². The SMILES string of the molecule is OC[C@H]1OC(O[C@H]2[C@H](O)[C@@H](CO)OC(O[C@H]3[C@H](O)[C@@H](CO)OC(O[C@H]4[C@H](O)[C@@H](CO)OC(O[C@H]5[C@H](O)[C@@H](CO)OC(O[C@H]6[C@H](O)[C@@H](CO)OC(O[C@H]7[C@H](O)[C@@H](CO)OC(O)[C@H]7O)[C@H]6O)[C@H]5O)[C@H]4O)[C@H]3O)[C@H]2O)[C@@H](O)[C@@H](O)[C@@H]1O. The van der Waals surface area contributed by atoms with Crippen molar-refractivity contribution < 1.29 is 179 Å². The van der Waals surface area contributed by atoms with E-state index in [9.17, 15) is 117 Å². The summed E-state index contributed by atoms with van der Waals surface area (Å²) in [6.07, 6.45) is -70.1. The Labute approximate surface area is 439 Å². The Bertz CT molecular complexity index is 1820. The third-order valence-electron chi connectivity index (χ3n) is 14.5. The van der Waals surface area contributed by atoms with E-state index >= 15 is 0 Å². The van der Waals surface area contributed by atoms with Gasteiger partial charge < -0.3 is 179 Å². The van der Waals surface area contributed by atoms with Gasteiger partial charge in [-0.05, 0) is 0 Å². The Morgan fingerprint density at radius 1 is 0.192 bits per heavy atom. The van der Waals surface area contributed by atoms with Crippen molar-refractivity contribution in [1.82, 2.24) is 0 Å². The summed E-state index contributed by atoms with van der Waals surface area (Å²) >= 11 is 0. The predicted molar refractivity (Wildman–Crippen MR) is 232 cm³/mol. The second kappa shape index (κ2) is 27.5. The minimum absolute atomic E-state index is 0.880. The number of ether oxygens (including phenoxy) is 13. The van der Waals surface area contributed by atoms with Crippen LogP contribution in [0.5, 0.6) is 0 Å². The number of aliphatic hydroxyl groups excluding tert-OH is 23. The first-order chi connectivity index (χ1) is 37.0. The molecule has 0 amide bonds. The van der Waals surface area contributed by atoms with Gasteiger partial charge in [-0.1, -0.05) is 0 Å². The Balaban J connectivity index is 1.06. The minimum atomic E-state index is -2.33. The second-order valence-corrected chi connectivity index (χ2v) is 19.6. The number of rotatable bonds is 19. The van der Waals surface area contributed by atoms with Crippen LogP contribution in [0.4, 0.5) is 0 Å². The largest absolute Gasteiger partial charge is 0.394 e. The maximum atomic E-state index is 11.7. The Hall–Kier alpha value is -1.44. The van der Waals surface area contributed by atoms with Crippen LogP contribution in [0.2, 0.25) is 0 Å². The molecular weight excluding hydrogens is 1080 g/mol. The van der Waals surface area contributed by atoms with Crippen LogP contribution in [0.3, 0.4) is 0 Å². The molecule has 78 heavy (non-hydrogen) atoms. The lowest BCUT2D eigenvalue weighted by atomic mass is 9.95. The zero-order chi connectivity index (χ0) is 57.3. The van der Waals surface area contributed by atoms with Crippen molar-refractivity contribution in [2.24, 2.45) is 0 Å². The Morgan fingerprint density at radius 2 is 0.372 bits per heavy atom. The maximum Gasteiger partial charge on any atom is 0.187 e. The average molecular weight is 1150 g/mol. The first-order valence-corrected chi connectivity index (χ1v) is 24.7. The molecule has 7 saturated heterocycles. The van der Waals surface area contributed by atoms with Gasteiger partial charge in [0.1, 0.15) is 171 Å². The maximum absolute atomic E-state index is 11.7. The van der Waals surface area contributed by atoms with Crippen LogP contribution in [0.15, 0.2) is 0 Å². The van der Waals surface area contributed by atoms with Crippen LogP contribution in [0.25, 0.3) is 0 Å². The highest BCUT2D eigenvalue weighted by Crippen LogP contribution is 2.38. The van der Waals surface area contributed by atoms with Crippen LogP contribution in [-0.4, -0.2) is 379 Å². The van der Waals surface area contributed by atoms with Gasteiger partial charge in [0, 0.05) is 0 Å². The van der Waals surface area contributed by atoms with E-state index in [4.69, 9.17) is 61.6 Å². The first-order valence-electron chi connectivity index (χ1n) is 24.7. The van der Waals surface area contributed by atoms with Crippen molar-refractivity contribution in [2.45, 2.75) is 215 Å². The molecule has 0 radical (unpaired) electrons. The van der Waals surface area contributed by atoms with Crippen LogP contribution in [-0.2, 0) is 61.6 Å². The zero-order valence-corrected chi connectivity index (χ0v) is 40.8. The molecule has 0 aromatic rings. The standard InChI is InChI=1S/C42H72O36/c43-1-8-15(50)22(57)23(58)37(67-8)74-31-17(52)10(3-45)69-39(25(31)60)76-33-19(54)12(5-47)71-41(27(33)62)78-35-21(56)14(7-49)72-42(29(35)64)77-34-20(55)13(6-48)70-40(28(34)63)75-32-18(53)11(4-46)68-38(26(32)61)73-30-16(51)9(2-44)66-36(65)24(30)59/h8-65H,1-7H2/t8-,9-,10-,11-,12-,13-,14-,15-,16-,17-,18-,19-,20-,21-,22+,23+,24+,25+,26+,27+,28+,29+,30+,31+,32+,33+,34+,35+,36?,37?,38?,39?,40?,41?,42?/m1/s1. The van der Waals surface area contributed by atoms with Gasteiger partial charge in [0.15, 0.2) is 44.0 Å². The van der Waals surface area contributed by atoms with Gasteiger partial charge in [0.2, 0.25) is 0 Å². The fourth-order valence-corrected chi connectivity index (χ4v) is 9.97. The molecule has 0 aliphatic carbocycles. The van der Waals surface area contributed by atoms with E-state index in [1.807, 2.05) is 0 Å². The normalized spacial score (nSPS) is 53.5. The highest BCUT2D eigenvalue weighted by molar-refractivity contribution is 5.01. The van der Waals surface area contributed by atoms with Crippen molar-refractivity contribution in [1.29, 1.82) is 0 Å². The summed E-state index contributed by atoms with van der Waals surface area (Å²) in [5.74, 6) is 0. The fraction of sp³-hybridized carbons (Fsp3) is 1.00. The monoisotopic (exact) mass is 1150 g/mol. The molecule has 0 aromatic heterocycles. The van der Waals surface area contributed by atoms with Crippen molar-refractivity contribution in [3.63, 3.8) is 0 Å². The lowest BCUT2D eigenvalue weighted by Gasteiger charge is -2.50. The molecule has 7 aliphatic heterocycles. The lowest BCUT2D eigenvalue weighted by Crippen LogP contribution is -2.69. The van der Waals surface area contributed by atoms with Crippen LogP contribution < -0.4 is 0 Å². The van der Waals surface area contributed by atoms with Crippen LogP contribution in [0, 0.1) is 0 Å². The van der Waals surface area contributed by atoms with E-state index in [2.05, 4.69) is 0 Å². The topological polar surface area (TPSA) is 585 Å². The average Bonchev–Trinajstić information content (AvgIpc) is 3.47. The van der Waals surface area contributed by atoms with E-state index in [1.165, 1.54) is 0 Å². The number of aliphatic hydroxyl groups is 23. The molecule has 7 unspecified atom stereocenters. The van der Waals surface area contributed by atoms with Gasteiger partial charge >= 0.3 is 0 Å². The van der Waals surface area contributed by atoms with E-state index < -0.39 is 261 Å². The molecule has 35 atom stereocenters. The number of hydrogen-bond acceptors (Lipinski definition) is 36. The highest BCUT2D eigenvalue weighted by Gasteiger charge is 2.59. The zero-order valence-electron chi connectivity index (χ0n) is 40.8. The van der Waals surface area contributed by atoms with Crippen molar-refractivity contribution in [3.8, 4) is 0 Å². The number of hydrogen-bond donors (Lipinski definition) is 23. The van der Waals surface area contributed by atoms with Gasteiger partial charge in [-0.2, -0.15) is 0 Å². The molecule has 23 N–H and O–H groups in total. The minimum Gasteiger partial charge on any atom is -0.394 e. The van der Waals surface area contributed by atoms with Crippen LogP contribution in [0.1, 0.15) is 0 Å². The quantitative estimate of drug-likeness (QED) is 0.0571. The Kier molecular flexibility index (Phi) is 22.6. The van der Waals surface area contributed by atoms with Gasteiger partial charge in [-0.25, -0.2) is 0 Å². The molecule has 0 bridgehead atoms. The first kappa shape index (κ1) is 64.1. The second-order valence-electron chi connectivity index (χ2n) is 19.6. The Morgan fingerprint density at radius 3 is 0.590 bits per heavy atom. The fourth-order valence-electron chi connectivity index (χ4n) is 9.97. The summed E-state index contributed by atoms with van der Waals surface area (Å²) < 4.78 is 72.0. The molecule has 36 nitrogen and oxygen atoms in total. The molecular formula is C42H72O36. The van der Waals surface area contributed by atoms with E-state index in [1.54, 1.807) is 0 Å². The lowest BCUT2D eigenvalue weighted by molar-refractivity contribution is -0.400. The summed E-state index contributed by atoms with van der Waals surface area (Å²) in [6.45, 7) is -7.04. The molecule has 36 heteroatoms. The predicted octanol–water partition coefficient (Wildman–Crippen LogP) is -16.3. The summed E-state index contributed by atoms with van der Waals surface area (Å²) in [5.41, 5.74) is 0. The van der Waals surface area contributed by atoms with Crippen LogP contribution >= 0.6 is 0 Å². The summed E-state index contributed by atoms with van der Waals surface area (Å²) in [7, 11) is 0. The molecule has 7 heterocycles. The van der Waals surface area contributed by atoms with Crippen molar-refractivity contribution in [3.05, 3.63) is 0 Å². The highest BCUT2D eigenvalue weighted by atomic mass is 16.8. The smallest absolute Gasteiger partial charge is 0.187 e. The van der Waals surface area contributed by atoms with Gasteiger partial charge in [0.25, 0.3) is 0 Å². The molecule has 0 saturated carbocycles. The van der Waals surface area contributed by atoms with E-state index in [0.717, 1.165) is 0 Å². The summed E-state index contributed by atoms with van der Waals surface area (Å²) in [6, 6.07) is 0. The molecule has 7 rings (SSSR count). The summed E-state index contributed by atoms with van der Waals surface area (Å²) in [4.78, 5) is 0. The van der Waals surface area contributed by atoms with Crippen molar-refractivity contribution in [2.75, 3.05) is 46.2 Å². The van der Waals surface area contributed by atoms with E-state index in [-0.39, 0.29) is 0 Å². The molecule has 7 aliphatic rings. The summed E-state index contributed by atoms with van der Waals surface area (Å²) in [5, 5.41) is 246. The van der Waals surface area contributed by atoms with Gasteiger partial charge in [-0.15, -0.1) is 0 Å². The molecule has 0 aromatic carbocycles.